The minimum absolute atomic E-state index is 0.00827. The van der Waals surface area contributed by atoms with Crippen LogP contribution < -0.4 is 5.32 Å². The van der Waals surface area contributed by atoms with Crippen molar-refractivity contribution in [2.75, 3.05) is 19.7 Å². The van der Waals surface area contributed by atoms with Gasteiger partial charge in [-0.3, -0.25) is 4.79 Å². The largest absolute Gasteiger partial charge is 0.444 e. The van der Waals surface area contributed by atoms with Crippen molar-refractivity contribution in [1.29, 1.82) is 0 Å². The smallest absolute Gasteiger partial charge is 0.410 e. The zero-order valence-electron chi connectivity index (χ0n) is 13.3. The summed E-state index contributed by atoms with van der Waals surface area (Å²) in [7, 11) is 0. The minimum Gasteiger partial charge on any atom is -0.444 e. The molecular formula is C15H26N2O4. The molecule has 6 heteroatoms. The van der Waals surface area contributed by atoms with Crippen molar-refractivity contribution in [3.05, 3.63) is 0 Å². The molecule has 0 unspecified atom stereocenters. The van der Waals surface area contributed by atoms with E-state index in [2.05, 4.69) is 12.2 Å². The maximum absolute atomic E-state index is 11.7. The summed E-state index contributed by atoms with van der Waals surface area (Å²) in [6, 6.07) is 0.00827. The number of amides is 2. The second-order valence-corrected chi connectivity index (χ2v) is 7.16. The van der Waals surface area contributed by atoms with Gasteiger partial charge in [0.05, 0.1) is 12.1 Å². The number of carbonyl (C=O) groups excluding carboxylic acids is 2. The fourth-order valence-corrected chi connectivity index (χ4v) is 2.47. The van der Waals surface area contributed by atoms with Crippen molar-refractivity contribution in [1.82, 2.24) is 10.2 Å². The van der Waals surface area contributed by atoms with Gasteiger partial charge in [0.2, 0.25) is 5.91 Å². The summed E-state index contributed by atoms with van der Waals surface area (Å²) in [5.74, 6) is 0.607. The predicted octanol–water partition coefficient (Wildman–Crippen LogP) is 1.54. The monoisotopic (exact) mass is 298 g/mol. The van der Waals surface area contributed by atoms with E-state index in [0.29, 0.717) is 19.0 Å². The molecule has 1 saturated carbocycles. The first kappa shape index (κ1) is 16.1. The predicted molar refractivity (Wildman–Crippen MR) is 77.9 cm³/mol. The zero-order valence-corrected chi connectivity index (χ0v) is 13.3. The number of ether oxygens (including phenoxy) is 2. The molecule has 0 radical (unpaired) electrons. The average molecular weight is 298 g/mol. The van der Waals surface area contributed by atoms with Crippen LogP contribution in [-0.2, 0) is 14.3 Å². The molecule has 6 nitrogen and oxygen atoms in total. The topological polar surface area (TPSA) is 67.9 Å². The third-order valence-electron chi connectivity index (χ3n) is 3.68. The van der Waals surface area contributed by atoms with Gasteiger partial charge >= 0.3 is 6.09 Å². The van der Waals surface area contributed by atoms with Gasteiger partial charge in [-0.1, -0.05) is 6.92 Å². The SMILES string of the molecule is CC(C)(C)OC(=O)N1CC(NC(=O)CO[C@H]2C[C@@H](C)C2)C1. The molecule has 2 aliphatic rings. The lowest BCUT2D eigenvalue weighted by molar-refractivity contribution is -0.132. The van der Waals surface area contributed by atoms with Gasteiger partial charge in [-0.15, -0.1) is 0 Å². The summed E-state index contributed by atoms with van der Waals surface area (Å²) in [5.41, 5.74) is -0.487. The summed E-state index contributed by atoms with van der Waals surface area (Å²) < 4.78 is 10.8. The van der Waals surface area contributed by atoms with Gasteiger partial charge in [0.15, 0.2) is 0 Å². The van der Waals surface area contributed by atoms with E-state index in [1.54, 1.807) is 4.90 Å². The molecule has 0 aromatic carbocycles. The number of hydrogen-bond donors (Lipinski definition) is 1. The summed E-state index contributed by atoms with van der Waals surface area (Å²) in [6.45, 7) is 8.80. The lowest BCUT2D eigenvalue weighted by Gasteiger charge is -2.40. The van der Waals surface area contributed by atoms with Crippen molar-refractivity contribution in [2.24, 2.45) is 5.92 Å². The molecule has 1 aliphatic carbocycles. The van der Waals surface area contributed by atoms with Gasteiger partial charge in [0, 0.05) is 13.1 Å². The number of carbonyl (C=O) groups is 2. The molecule has 0 atom stereocenters. The highest BCUT2D eigenvalue weighted by atomic mass is 16.6. The Morgan fingerprint density at radius 2 is 1.86 bits per heavy atom. The van der Waals surface area contributed by atoms with Gasteiger partial charge in [-0.2, -0.15) is 0 Å². The zero-order chi connectivity index (χ0) is 15.6. The molecule has 0 bridgehead atoms. The molecule has 120 valence electrons. The van der Waals surface area contributed by atoms with Gasteiger partial charge < -0.3 is 19.7 Å². The molecule has 0 aromatic heterocycles. The maximum Gasteiger partial charge on any atom is 0.410 e. The third kappa shape index (κ3) is 4.88. The number of nitrogens with zero attached hydrogens (tertiary/aromatic N) is 1. The molecule has 1 aliphatic heterocycles. The van der Waals surface area contributed by atoms with Crippen LogP contribution in [0.4, 0.5) is 4.79 Å². The quantitative estimate of drug-likeness (QED) is 0.855. The fraction of sp³-hybridized carbons (Fsp3) is 0.867. The Balaban J connectivity index is 1.57. The van der Waals surface area contributed by atoms with E-state index >= 15 is 0 Å². The van der Waals surface area contributed by atoms with Gasteiger partial charge in [0.25, 0.3) is 0 Å². The maximum atomic E-state index is 11.7. The van der Waals surface area contributed by atoms with Crippen molar-refractivity contribution >= 4 is 12.0 Å². The second kappa shape index (κ2) is 6.22. The summed E-state index contributed by atoms with van der Waals surface area (Å²) in [6.07, 6.45) is 2.00. The summed E-state index contributed by atoms with van der Waals surface area (Å²) in [4.78, 5) is 25.0. The van der Waals surface area contributed by atoms with Crippen LogP contribution in [0.25, 0.3) is 0 Å². The Bertz CT molecular complexity index is 393. The molecular weight excluding hydrogens is 272 g/mol. The second-order valence-electron chi connectivity index (χ2n) is 7.16. The Labute approximate surface area is 126 Å². The Hall–Kier alpha value is -1.30. The molecule has 2 fully saturated rings. The third-order valence-corrected chi connectivity index (χ3v) is 3.68. The van der Waals surface area contributed by atoms with Crippen LogP contribution in [0.15, 0.2) is 0 Å². The summed E-state index contributed by atoms with van der Waals surface area (Å²) in [5, 5.41) is 2.87. The van der Waals surface area contributed by atoms with E-state index in [4.69, 9.17) is 9.47 Å². The number of hydrogen-bond acceptors (Lipinski definition) is 4. The minimum atomic E-state index is -0.487. The lowest BCUT2D eigenvalue weighted by atomic mass is 9.84. The van der Waals surface area contributed by atoms with E-state index in [0.717, 1.165) is 12.8 Å². The van der Waals surface area contributed by atoms with E-state index in [1.165, 1.54) is 0 Å². The van der Waals surface area contributed by atoms with Crippen LogP contribution in [0.2, 0.25) is 0 Å². The van der Waals surface area contributed by atoms with Crippen molar-refractivity contribution in [3.63, 3.8) is 0 Å². The fourth-order valence-electron chi connectivity index (χ4n) is 2.47. The van der Waals surface area contributed by atoms with Crippen molar-refractivity contribution in [2.45, 2.75) is 58.3 Å². The number of nitrogens with one attached hydrogen (secondary N) is 1. The van der Waals surface area contributed by atoms with Crippen LogP contribution in [0.3, 0.4) is 0 Å². The first-order chi connectivity index (χ1) is 9.73. The van der Waals surface area contributed by atoms with Crippen LogP contribution >= 0.6 is 0 Å². The normalized spacial score (nSPS) is 25.8. The Morgan fingerprint density at radius 1 is 1.24 bits per heavy atom. The van der Waals surface area contributed by atoms with Crippen LogP contribution in [0, 0.1) is 5.92 Å². The van der Waals surface area contributed by atoms with Gasteiger partial charge in [-0.25, -0.2) is 4.79 Å². The first-order valence-electron chi connectivity index (χ1n) is 7.62. The van der Waals surface area contributed by atoms with Crippen molar-refractivity contribution in [3.8, 4) is 0 Å². The molecule has 0 spiro atoms. The standard InChI is InChI=1S/C15H26N2O4/c1-10-5-12(6-10)20-9-13(18)16-11-7-17(8-11)14(19)21-15(2,3)4/h10-12H,5-9H2,1-4H3,(H,16,18)/t10-,12+. The molecule has 1 N–H and O–H groups in total. The molecule has 1 saturated heterocycles. The molecule has 1 heterocycles. The molecule has 21 heavy (non-hydrogen) atoms. The number of likely N-dealkylation sites (tertiary alicyclic amines) is 1. The van der Waals surface area contributed by atoms with Crippen LogP contribution in [0.1, 0.15) is 40.5 Å². The highest BCUT2D eigenvalue weighted by Crippen LogP contribution is 2.28. The lowest BCUT2D eigenvalue weighted by Crippen LogP contribution is -2.62. The highest BCUT2D eigenvalue weighted by molar-refractivity contribution is 5.78. The molecule has 2 amide bonds. The van der Waals surface area contributed by atoms with E-state index in [9.17, 15) is 9.59 Å². The molecule has 2 rings (SSSR count). The van der Waals surface area contributed by atoms with Gasteiger partial charge in [-0.05, 0) is 39.5 Å². The van der Waals surface area contributed by atoms with E-state index in [1.807, 2.05) is 20.8 Å². The summed E-state index contributed by atoms with van der Waals surface area (Å²) >= 11 is 0. The van der Waals surface area contributed by atoms with Gasteiger partial charge in [0.1, 0.15) is 12.2 Å². The Kier molecular flexibility index (Phi) is 4.76. The van der Waals surface area contributed by atoms with E-state index < -0.39 is 5.60 Å². The first-order valence-corrected chi connectivity index (χ1v) is 7.62. The highest BCUT2D eigenvalue weighted by Gasteiger charge is 2.34. The van der Waals surface area contributed by atoms with Crippen LogP contribution in [-0.4, -0.2) is 54.3 Å². The average Bonchev–Trinajstić information content (AvgIpc) is 2.24. The van der Waals surface area contributed by atoms with Crippen LogP contribution in [0.5, 0.6) is 0 Å². The van der Waals surface area contributed by atoms with Crippen molar-refractivity contribution < 1.29 is 19.1 Å². The van der Waals surface area contributed by atoms with E-state index in [-0.39, 0.29) is 30.8 Å². The molecule has 0 aromatic rings. The Morgan fingerprint density at radius 3 is 2.38 bits per heavy atom. The number of rotatable bonds is 4.